The van der Waals surface area contributed by atoms with Gasteiger partial charge in [0.2, 0.25) is 0 Å². The first-order valence-electron chi connectivity index (χ1n) is 8.39. The minimum absolute atomic E-state index is 0.311. The molecule has 0 aromatic carbocycles. The highest BCUT2D eigenvalue weighted by molar-refractivity contribution is 5.80. The predicted octanol–water partition coefficient (Wildman–Crippen LogP) is 1.35. The molecule has 2 aliphatic heterocycles. The normalized spacial score (nSPS) is 25.9. The van der Waals surface area contributed by atoms with Crippen LogP contribution in [-0.2, 0) is 11.8 Å². The topological polar surface area (TPSA) is 54.7 Å². The average Bonchev–Trinajstić information content (AvgIpc) is 3.24. The lowest BCUT2D eigenvalue weighted by molar-refractivity contribution is 0.117. The first-order valence-corrected chi connectivity index (χ1v) is 8.39. The fourth-order valence-corrected chi connectivity index (χ4v) is 3.28. The molecule has 0 radical (unpaired) electrons. The zero-order valence-corrected chi connectivity index (χ0v) is 13.7. The van der Waals surface area contributed by atoms with E-state index in [0.717, 1.165) is 51.6 Å². The van der Waals surface area contributed by atoms with Gasteiger partial charge in [0.1, 0.15) is 0 Å². The van der Waals surface area contributed by atoms with Crippen molar-refractivity contribution in [2.75, 3.05) is 32.8 Å². The molecular formula is C16H27N5O. The summed E-state index contributed by atoms with van der Waals surface area (Å²) in [6.07, 6.45) is 7.90. The van der Waals surface area contributed by atoms with Gasteiger partial charge in [0.05, 0.1) is 18.8 Å². The molecule has 2 unspecified atom stereocenters. The van der Waals surface area contributed by atoms with Crippen LogP contribution in [0.25, 0.3) is 0 Å². The van der Waals surface area contributed by atoms with E-state index in [0.29, 0.717) is 12.0 Å². The fourth-order valence-electron chi connectivity index (χ4n) is 3.28. The predicted molar refractivity (Wildman–Crippen MR) is 87.1 cm³/mol. The Labute approximate surface area is 132 Å². The lowest BCUT2D eigenvalue weighted by Crippen LogP contribution is -2.40. The standard InChI is InChI=1S/C16H27N5O/c1-3-17-16(18-10-15-5-4-8-22-15)21-7-6-13(12-21)14-9-19-20(2)11-14/h9,11,13,15H,3-8,10,12H2,1-2H3,(H,17,18). The minimum Gasteiger partial charge on any atom is -0.376 e. The molecule has 2 aliphatic rings. The van der Waals surface area contributed by atoms with E-state index in [4.69, 9.17) is 9.73 Å². The second-order valence-corrected chi connectivity index (χ2v) is 6.21. The second kappa shape index (κ2) is 7.13. The Balaban J connectivity index is 1.60. The Kier molecular flexibility index (Phi) is 4.97. The summed E-state index contributed by atoms with van der Waals surface area (Å²) in [4.78, 5) is 7.17. The van der Waals surface area contributed by atoms with E-state index in [1.165, 1.54) is 12.0 Å². The molecule has 1 aromatic heterocycles. The van der Waals surface area contributed by atoms with Gasteiger partial charge in [-0.1, -0.05) is 0 Å². The lowest BCUT2D eigenvalue weighted by Gasteiger charge is -2.22. The number of hydrogen-bond acceptors (Lipinski definition) is 3. The van der Waals surface area contributed by atoms with Crippen LogP contribution >= 0.6 is 0 Å². The molecule has 0 saturated carbocycles. The largest absolute Gasteiger partial charge is 0.376 e. The number of ether oxygens (including phenoxy) is 1. The van der Waals surface area contributed by atoms with Crippen molar-refractivity contribution in [2.24, 2.45) is 12.0 Å². The fraction of sp³-hybridized carbons (Fsp3) is 0.750. The van der Waals surface area contributed by atoms with E-state index >= 15 is 0 Å². The third-order valence-electron chi connectivity index (χ3n) is 4.49. The monoisotopic (exact) mass is 305 g/mol. The van der Waals surface area contributed by atoms with Gasteiger partial charge < -0.3 is 15.0 Å². The molecule has 6 nitrogen and oxygen atoms in total. The maximum atomic E-state index is 5.67. The van der Waals surface area contributed by atoms with E-state index in [1.807, 2.05) is 17.9 Å². The second-order valence-electron chi connectivity index (χ2n) is 6.21. The maximum Gasteiger partial charge on any atom is 0.194 e. The molecule has 2 saturated heterocycles. The van der Waals surface area contributed by atoms with Gasteiger partial charge in [-0.3, -0.25) is 9.67 Å². The molecule has 22 heavy (non-hydrogen) atoms. The van der Waals surface area contributed by atoms with Crippen LogP contribution in [0.15, 0.2) is 17.4 Å². The van der Waals surface area contributed by atoms with Gasteiger partial charge in [0, 0.05) is 45.4 Å². The molecule has 0 bridgehead atoms. The van der Waals surface area contributed by atoms with Crippen LogP contribution in [0.1, 0.15) is 37.7 Å². The molecule has 3 heterocycles. The van der Waals surface area contributed by atoms with Crippen molar-refractivity contribution in [3.63, 3.8) is 0 Å². The zero-order valence-electron chi connectivity index (χ0n) is 13.7. The smallest absolute Gasteiger partial charge is 0.194 e. The van der Waals surface area contributed by atoms with Crippen molar-refractivity contribution < 1.29 is 4.74 Å². The third-order valence-corrected chi connectivity index (χ3v) is 4.49. The van der Waals surface area contributed by atoms with Crippen LogP contribution in [0.3, 0.4) is 0 Å². The maximum absolute atomic E-state index is 5.67. The van der Waals surface area contributed by atoms with Gasteiger partial charge in [0.15, 0.2) is 5.96 Å². The van der Waals surface area contributed by atoms with Crippen LogP contribution < -0.4 is 5.32 Å². The van der Waals surface area contributed by atoms with Crippen molar-refractivity contribution >= 4 is 5.96 Å². The number of likely N-dealkylation sites (tertiary alicyclic amines) is 1. The number of nitrogens with zero attached hydrogens (tertiary/aromatic N) is 4. The summed E-state index contributed by atoms with van der Waals surface area (Å²) >= 11 is 0. The number of aliphatic imine (C=N–C) groups is 1. The number of guanidine groups is 1. The van der Waals surface area contributed by atoms with Gasteiger partial charge in [-0.15, -0.1) is 0 Å². The summed E-state index contributed by atoms with van der Waals surface area (Å²) in [6.45, 7) is 6.76. The van der Waals surface area contributed by atoms with Crippen LogP contribution in [0.4, 0.5) is 0 Å². The summed E-state index contributed by atoms with van der Waals surface area (Å²) < 4.78 is 7.56. The number of aromatic nitrogens is 2. The summed E-state index contributed by atoms with van der Waals surface area (Å²) in [5.74, 6) is 1.59. The zero-order chi connectivity index (χ0) is 15.4. The summed E-state index contributed by atoms with van der Waals surface area (Å²) in [6, 6.07) is 0. The number of nitrogens with one attached hydrogen (secondary N) is 1. The Morgan fingerprint density at radius 2 is 2.41 bits per heavy atom. The lowest BCUT2D eigenvalue weighted by atomic mass is 10.0. The SMILES string of the molecule is CCNC(=NCC1CCCO1)N1CCC(c2cnn(C)c2)C1. The molecule has 1 N–H and O–H groups in total. The van der Waals surface area contributed by atoms with Gasteiger partial charge in [-0.25, -0.2) is 0 Å². The van der Waals surface area contributed by atoms with E-state index in [9.17, 15) is 0 Å². The molecule has 0 amide bonds. The highest BCUT2D eigenvalue weighted by Crippen LogP contribution is 2.26. The Hall–Kier alpha value is -1.56. The molecule has 6 heteroatoms. The molecule has 122 valence electrons. The summed E-state index contributed by atoms with van der Waals surface area (Å²) in [5, 5.41) is 7.72. The van der Waals surface area contributed by atoms with E-state index in [2.05, 4.69) is 28.4 Å². The van der Waals surface area contributed by atoms with Gasteiger partial charge in [-0.2, -0.15) is 5.10 Å². The highest BCUT2D eigenvalue weighted by atomic mass is 16.5. The summed E-state index contributed by atoms with van der Waals surface area (Å²) in [7, 11) is 1.98. The third kappa shape index (κ3) is 3.61. The molecule has 0 aliphatic carbocycles. The quantitative estimate of drug-likeness (QED) is 0.674. The molecular weight excluding hydrogens is 278 g/mol. The van der Waals surface area contributed by atoms with Crippen molar-refractivity contribution in [2.45, 2.75) is 38.2 Å². The van der Waals surface area contributed by atoms with Crippen LogP contribution in [0.5, 0.6) is 0 Å². The van der Waals surface area contributed by atoms with Crippen molar-refractivity contribution in [3.05, 3.63) is 18.0 Å². The molecule has 3 rings (SSSR count). The molecule has 1 aromatic rings. The first-order chi connectivity index (χ1) is 10.8. The number of hydrogen-bond donors (Lipinski definition) is 1. The van der Waals surface area contributed by atoms with Crippen molar-refractivity contribution in [3.8, 4) is 0 Å². The Bertz CT molecular complexity index is 506. The minimum atomic E-state index is 0.311. The first kappa shape index (κ1) is 15.3. The van der Waals surface area contributed by atoms with Crippen molar-refractivity contribution in [1.29, 1.82) is 0 Å². The van der Waals surface area contributed by atoms with Gasteiger partial charge in [0.25, 0.3) is 0 Å². The molecule has 2 fully saturated rings. The number of rotatable bonds is 4. The summed E-state index contributed by atoms with van der Waals surface area (Å²) in [5.41, 5.74) is 1.33. The van der Waals surface area contributed by atoms with E-state index < -0.39 is 0 Å². The van der Waals surface area contributed by atoms with Gasteiger partial charge in [-0.05, 0) is 31.7 Å². The Morgan fingerprint density at radius 1 is 1.50 bits per heavy atom. The van der Waals surface area contributed by atoms with Gasteiger partial charge >= 0.3 is 0 Å². The average molecular weight is 305 g/mol. The Morgan fingerprint density at radius 3 is 3.09 bits per heavy atom. The number of aryl methyl sites for hydroxylation is 1. The van der Waals surface area contributed by atoms with E-state index in [1.54, 1.807) is 0 Å². The van der Waals surface area contributed by atoms with Crippen LogP contribution in [-0.4, -0.2) is 59.5 Å². The van der Waals surface area contributed by atoms with E-state index in [-0.39, 0.29) is 0 Å². The van der Waals surface area contributed by atoms with Crippen molar-refractivity contribution in [1.82, 2.24) is 20.0 Å². The highest BCUT2D eigenvalue weighted by Gasteiger charge is 2.27. The molecule has 2 atom stereocenters. The molecule has 0 spiro atoms. The van der Waals surface area contributed by atoms with Crippen LogP contribution in [0, 0.1) is 0 Å². The van der Waals surface area contributed by atoms with Crippen LogP contribution in [0.2, 0.25) is 0 Å².